The van der Waals surface area contributed by atoms with Crippen LogP contribution in [0.4, 0.5) is 0 Å². The van der Waals surface area contributed by atoms with Crippen molar-refractivity contribution in [1.29, 1.82) is 0 Å². The van der Waals surface area contributed by atoms with Gasteiger partial charge in [-0.2, -0.15) is 0 Å². The molecule has 0 aliphatic heterocycles. The lowest BCUT2D eigenvalue weighted by atomic mass is 10.00. The summed E-state index contributed by atoms with van der Waals surface area (Å²) in [5, 5.41) is 0. The van der Waals surface area contributed by atoms with Crippen LogP contribution in [0.3, 0.4) is 0 Å². The SMILES string of the molecule is CCCC/C=C/[C]1C=CC=CC1. The van der Waals surface area contributed by atoms with Crippen LogP contribution in [0.1, 0.15) is 32.6 Å². The van der Waals surface area contributed by atoms with Crippen molar-refractivity contribution in [2.75, 3.05) is 0 Å². The highest BCUT2D eigenvalue weighted by atomic mass is 14.0. The molecule has 0 heterocycles. The van der Waals surface area contributed by atoms with Crippen molar-refractivity contribution in [2.45, 2.75) is 32.6 Å². The van der Waals surface area contributed by atoms with Crippen LogP contribution in [0.2, 0.25) is 0 Å². The summed E-state index contributed by atoms with van der Waals surface area (Å²) in [7, 11) is 0. The molecule has 0 amide bonds. The smallest absolute Gasteiger partial charge is 0.0228 e. The number of hydrogen-bond donors (Lipinski definition) is 0. The Morgan fingerprint density at radius 1 is 1.42 bits per heavy atom. The molecule has 0 nitrogen and oxygen atoms in total. The predicted octanol–water partition coefficient (Wildman–Crippen LogP) is 3.82. The molecule has 0 N–H and O–H groups in total. The Bertz CT molecular complexity index is 184. The minimum atomic E-state index is 1.10. The normalized spacial score (nSPS) is 17.8. The van der Waals surface area contributed by atoms with Crippen molar-refractivity contribution in [1.82, 2.24) is 0 Å². The van der Waals surface area contributed by atoms with E-state index in [1.807, 2.05) is 0 Å². The largest absolute Gasteiger partial charge is 0.0876 e. The van der Waals surface area contributed by atoms with Crippen LogP contribution < -0.4 is 0 Å². The Kier molecular flexibility index (Phi) is 4.51. The van der Waals surface area contributed by atoms with Gasteiger partial charge in [0.25, 0.3) is 0 Å². The highest BCUT2D eigenvalue weighted by molar-refractivity contribution is 5.31. The fourth-order valence-electron chi connectivity index (χ4n) is 1.21. The van der Waals surface area contributed by atoms with Crippen molar-refractivity contribution in [3.05, 3.63) is 42.4 Å². The van der Waals surface area contributed by atoms with Crippen LogP contribution in [0.15, 0.2) is 36.5 Å². The molecule has 0 bridgehead atoms. The maximum absolute atomic E-state index is 2.28. The maximum atomic E-state index is 2.28. The van der Waals surface area contributed by atoms with Crippen LogP contribution in [0, 0.1) is 5.92 Å². The van der Waals surface area contributed by atoms with Gasteiger partial charge in [-0.3, -0.25) is 0 Å². The molecule has 1 aliphatic carbocycles. The van der Waals surface area contributed by atoms with Gasteiger partial charge in [-0.25, -0.2) is 0 Å². The minimum Gasteiger partial charge on any atom is -0.0876 e. The average molecular weight is 161 g/mol. The molecule has 65 valence electrons. The fourth-order valence-corrected chi connectivity index (χ4v) is 1.21. The van der Waals surface area contributed by atoms with Gasteiger partial charge in [-0.15, -0.1) is 0 Å². The molecule has 0 heteroatoms. The third-order valence-electron chi connectivity index (χ3n) is 1.97. The number of hydrogen-bond acceptors (Lipinski definition) is 0. The van der Waals surface area contributed by atoms with Crippen molar-refractivity contribution in [3.63, 3.8) is 0 Å². The molecule has 0 fully saturated rings. The zero-order valence-electron chi connectivity index (χ0n) is 7.79. The van der Waals surface area contributed by atoms with Crippen LogP contribution in [0.5, 0.6) is 0 Å². The first kappa shape index (κ1) is 9.31. The highest BCUT2D eigenvalue weighted by Gasteiger charge is 1.99. The van der Waals surface area contributed by atoms with Crippen LogP contribution in [-0.2, 0) is 0 Å². The zero-order valence-corrected chi connectivity index (χ0v) is 7.79. The Balaban J connectivity index is 2.17. The van der Waals surface area contributed by atoms with E-state index in [0.29, 0.717) is 0 Å². The van der Waals surface area contributed by atoms with Crippen molar-refractivity contribution in [2.24, 2.45) is 0 Å². The molecule has 0 unspecified atom stereocenters. The first-order valence-electron chi connectivity index (χ1n) is 4.79. The molecule has 0 atom stereocenters. The summed E-state index contributed by atoms with van der Waals surface area (Å²) in [4.78, 5) is 0. The minimum absolute atomic E-state index is 1.10. The Morgan fingerprint density at radius 3 is 3.00 bits per heavy atom. The quantitative estimate of drug-likeness (QED) is 0.550. The zero-order chi connectivity index (χ0) is 8.65. The number of rotatable bonds is 4. The maximum Gasteiger partial charge on any atom is 0.0228 e. The summed E-state index contributed by atoms with van der Waals surface area (Å²) in [6.07, 6.45) is 18.0. The van der Waals surface area contributed by atoms with E-state index in [4.69, 9.17) is 0 Å². The van der Waals surface area contributed by atoms with Crippen molar-refractivity contribution >= 4 is 0 Å². The van der Waals surface area contributed by atoms with Gasteiger partial charge >= 0.3 is 0 Å². The van der Waals surface area contributed by atoms with Crippen molar-refractivity contribution in [3.8, 4) is 0 Å². The van der Waals surface area contributed by atoms with Gasteiger partial charge in [-0.1, -0.05) is 56.2 Å². The summed E-state index contributed by atoms with van der Waals surface area (Å²) in [5.74, 6) is 1.42. The first-order chi connectivity index (χ1) is 5.93. The molecule has 1 radical (unpaired) electrons. The second-order valence-electron chi connectivity index (χ2n) is 3.11. The van der Waals surface area contributed by atoms with Gasteiger partial charge in [0.1, 0.15) is 0 Å². The number of allylic oxidation sites excluding steroid dienone is 6. The first-order valence-corrected chi connectivity index (χ1v) is 4.79. The van der Waals surface area contributed by atoms with E-state index in [0.717, 1.165) is 6.42 Å². The topological polar surface area (TPSA) is 0 Å². The fraction of sp³-hybridized carbons (Fsp3) is 0.417. The second-order valence-corrected chi connectivity index (χ2v) is 3.11. The average Bonchev–Trinajstić information content (AvgIpc) is 2.14. The molecule has 1 aliphatic rings. The predicted molar refractivity (Wildman–Crippen MR) is 54.8 cm³/mol. The third kappa shape index (κ3) is 3.56. The summed E-state index contributed by atoms with van der Waals surface area (Å²) in [6.45, 7) is 2.23. The van der Waals surface area contributed by atoms with E-state index >= 15 is 0 Å². The molecule has 0 spiro atoms. The summed E-state index contributed by atoms with van der Waals surface area (Å²) in [5.41, 5.74) is 0. The van der Waals surface area contributed by atoms with Gasteiger partial charge in [0.15, 0.2) is 0 Å². The van der Waals surface area contributed by atoms with E-state index in [2.05, 4.69) is 43.4 Å². The summed E-state index contributed by atoms with van der Waals surface area (Å²) in [6, 6.07) is 0. The molecule has 12 heavy (non-hydrogen) atoms. The Labute approximate surface area is 75.7 Å². The Morgan fingerprint density at radius 2 is 2.33 bits per heavy atom. The van der Waals surface area contributed by atoms with Crippen LogP contribution in [0.25, 0.3) is 0 Å². The monoisotopic (exact) mass is 161 g/mol. The number of unbranched alkanes of at least 4 members (excludes halogenated alkanes) is 2. The van der Waals surface area contributed by atoms with Gasteiger partial charge in [0.05, 0.1) is 0 Å². The van der Waals surface area contributed by atoms with E-state index in [1.54, 1.807) is 0 Å². The molecule has 0 saturated carbocycles. The molecule has 1 rings (SSSR count). The molecular formula is C12H17. The van der Waals surface area contributed by atoms with Gasteiger partial charge < -0.3 is 0 Å². The Hall–Kier alpha value is -0.780. The summed E-state index contributed by atoms with van der Waals surface area (Å²) >= 11 is 0. The molecule has 0 aromatic carbocycles. The summed E-state index contributed by atoms with van der Waals surface area (Å²) < 4.78 is 0. The van der Waals surface area contributed by atoms with E-state index in [9.17, 15) is 0 Å². The van der Waals surface area contributed by atoms with Crippen LogP contribution >= 0.6 is 0 Å². The van der Waals surface area contributed by atoms with Gasteiger partial charge in [-0.05, 0) is 12.8 Å². The van der Waals surface area contributed by atoms with Crippen LogP contribution in [-0.4, -0.2) is 0 Å². The van der Waals surface area contributed by atoms with E-state index in [-0.39, 0.29) is 0 Å². The van der Waals surface area contributed by atoms with E-state index in [1.165, 1.54) is 25.2 Å². The molecule has 0 aromatic heterocycles. The van der Waals surface area contributed by atoms with Crippen molar-refractivity contribution < 1.29 is 0 Å². The third-order valence-corrected chi connectivity index (χ3v) is 1.97. The lowest BCUT2D eigenvalue weighted by Crippen LogP contribution is -1.88. The molecule has 0 saturated heterocycles. The lowest BCUT2D eigenvalue weighted by molar-refractivity contribution is 0.813. The highest BCUT2D eigenvalue weighted by Crippen LogP contribution is 2.15. The van der Waals surface area contributed by atoms with Gasteiger partial charge in [0, 0.05) is 5.92 Å². The van der Waals surface area contributed by atoms with Gasteiger partial charge in [0.2, 0.25) is 0 Å². The lowest BCUT2D eigenvalue weighted by Gasteiger charge is -2.05. The molecule has 0 aromatic rings. The molecular weight excluding hydrogens is 144 g/mol. The second kappa shape index (κ2) is 5.82. The van der Waals surface area contributed by atoms with E-state index < -0.39 is 0 Å². The standard InChI is InChI=1S/C12H17/c1-2-3-4-6-9-12-10-7-5-8-11-12/h5-10H,2-4,11H2,1H3/b9-6+.